The van der Waals surface area contributed by atoms with E-state index < -0.39 is 0 Å². The second-order valence-electron chi connectivity index (χ2n) is 4.58. The molecule has 0 bridgehead atoms. The first-order chi connectivity index (χ1) is 9.63. The Morgan fingerprint density at radius 2 is 1.95 bits per heavy atom. The normalized spacial score (nSPS) is 15.3. The molecule has 0 aliphatic carbocycles. The van der Waals surface area contributed by atoms with Crippen LogP contribution in [0.15, 0.2) is 30.5 Å². The third kappa shape index (κ3) is 2.25. The highest BCUT2D eigenvalue weighted by Crippen LogP contribution is 2.22. The van der Waals surface area contributed by atoms with Gasteiger partial charge in [-0.15, -0.1) is 5.10 Å². The van der Waals surface area contributed by atoms with Crippen LogP contribution in [0.3, 0.4) is 0 Å². The number of carbonyl (C=O) groups is 2. The second kappa shape index (κ2) is 4.76. The first-order valence-electron chi connectivity index (χ1n) is 6.21. The summed E-state index contributed by atoms with van der Waals surface area (Å²) >= 11 is 0. The van der Waals surface area contributed by atoms with Gasteiger partial charge in [-0.05, 0) is 12.1 Å². The predicted molar refractivity (Wildman–Crippen MR) is 71.9 cm³/mol. The smallest absolute Gasteiger partial charge is 0.294 e. The van der Waals surface area contributed by atoms with Gasteiger partial charge in [0.15, 0.2) is 0 Å². The number of nitrogens with one attached hydrogen (secondary N) is 1. The number of benzene rings is 1. The average molecular weight is 271 g/mol. The fourth-order valence-electron chi connectivity index (χ4n) is 2.10. The molecule has 3 rings (SSSR count). The molecule has 1 N–H and O–H groups in total. The molecule has 7 heteroatoms. The van der Waals surface area contributed by atoms with E-state index in [0.29, 0.717) is 13.0 Å². The maximum absolute atomic E-state index is 11.7. The maximum Gasteiger partial charge on any atom is 0.328 e. The van der Waals surface area contributed by atoms with E-state index >= 15 is 0 Å². The summed E-state index contributed by atoms with van der Waals surface area (Å²) < 4.78 is 1.63. The molecule has 2 aromatic rings. The van der Waals surface area contributed by atoms with Crippen molar-refractivity contribution < 1.29 is 9.59 Å². The average Bonchev–Trinajstić information content (AvgIpc) is 2.86. The van der Waals surface area contributed by atoms with Crippen LogP contribution in [-0.2, 0) is 11.8 Å². The van der Waals surface area contributed by atoms with Gasteiger partial charge < -0.3 is 0 Å². The number of hydrogen-bond donors (Lipinski definition) is 1. The summed E-state index contributed by atoms with van der Waals surface area (Å²) in [6.07, 6.45) is 2.14. The minimum absolute atomic E-state index is 0.234. The van der Waals surface area contributed by atoms with E-state index in [1.165, 1.54) is 0 Å². The van der Waals surface area contributed by atoms with Crippen LogP contribution in [0.25, 0.3) is 11.3 Å². The van der Waals surface area contributed by atoms with E-state index in [4.69, 9.17) is 0 Å². The van der Waals surface area contributed by atoms with E-state index in [1.54, 1.807) is 16.6 Å². The van der Waals surface area contributed by atoms with Crippen molar-refractivity contribution in [3.63, 3.8) is 0 Å². The lowest BCUT2D eigenvalue weighted by molar-refractivity contribution is -0.120. The van der Waals surface area contributed by atoms with Crippen molar-refractivity contribution in [2.45, 2.75) is 6.42 Å². The van der Waals surface area contributed by atoms with Crippen molar-refractivity contribution in [2.75, 3.05) is 11.4 Å². The number of rotatable bonds is 2. The van der Waals surface area contributed by atoms with Gasteiger partial charge in [0.25, 0.3) is 0 Å². The minimum Gasteiger partial charge on any atom is -0.294 e. The molecule has 7 nitrogen and oxygen atoms in total. The van der Waals surface area contributed by atoms with Crippen molar-refractivity contribution in [3.05, 3.63) is 30.5 Å². The summed E-state index contributed by atoms with van der Waals surface area (Å²) in [4.78, 5) is 24.4. The van der Waals surface area contributed by atoms with Gasteiger partial charge in [0.1, 0.15) is 5.69 Å². The molecule has 0 radical (unpaired) electrons. The molecule has 0 saturated carbocycles. The molecule has 1 fully saturated rings. The van der Waals surface area contributed by atoms with Crippen LogP contribution in [0, 0.1) is 0 Å². The Balaban J connectivity index is 1.83. The molecule has 0 atom stereocenters. The van der Waals surface area contributed by atoms with Crippen molar-refractivity contribution in [1.29, 1.82) is 0 Å². The fourth-order valence-corrected chi connectivity index (χ4v) is 2.10. The Kier molecular flexibility index (Phi) is 2.94. The third-order valence-electron chi connectivity index (χ3n) is 3.13. The van der Waals surface area contributed by atoms with E-state index in [0.717, 1.165) is 16.9 Å². The minimum atomic E-state index is -0.381. The van der Waals surface area contributed by atoms with E-state index in [2.05, 4.69) is 15.6 Å². The molecular weight excluding hydrogens is 258 g/mol. The molecule has 1 aromatic heterocycles. The SMILES string of the molecule is Cn1cc(-c2ccc(N3CCC(=O)NC3=O)cc2)nn1. The molecule has 20 heavy (non-hydrogen) atoms. The highest BCUT2D eigenvalue weighted by atomic mass is 16.2. The Hall–Kier alpha value is -2.70. The standard InChI is InChI=1S/C13H13N5O2/c1-17-8-11(15-16-17)9-2-4-10(5-3-9)18-7-6-12(19)14-13(18)20/h2-5,8H,6-7H2,1H3,(H,14,19,20). The van der Waals surface area contributed by atoms with Crippen molar-refractivity contribution in [1.82, 2.24) is 20.3 Å². The summed E-state index contributed by atoms with van der Waals surface area (Å²) in [6, 6.07) is 7.04. The topological polar surface area (TPSA) is 80.1 Å². The van der Waals surface area contributed by atoms with Gasteiger partial charge in [0.2, 0.25) is 5.91 Å². The number of imide groups is 1. The van der Waals surface area contributed by atoms with Gasteiger partial charge in [-0.25, -0.2) is 4.79 Å². The van der Waals surface area contributed by atoms with Crippen LogP contribution >= 0.6 is 0 Å². The van der Waals surface area contributed by atoms with Gasteiger partial charge in [-0.1, -0.05) is 17.3 Å². The molecule has 1 aliphatic rings. The van der Waals surface area contributed by atoms with Crippen LogP contribution in [0.5, 0.6) is 0 Å². The highest BCUT2D eigenvalue weighted by Gasteiger charge is 2.23. The Bertz CT molecular complexity index is 662. The lowest BCUT2D eigenvalue weighted by Crippen LogP contribution is -2.49. The highest BCUT2D eigenvalue weighted by molar-refractivity contribution is 6.05. The summed E-state index contributed by atoms with van der Waals surface area (Å²) in [5, 5.41) is 10.2. The lowest BCUT2D eigenvalue weighted by atomic mass is 10.1. The summed E-state index contributed by atoms with van der Waals surface area (Å²) in [5.41, 5.74) is 2.45. The predicted octanol–water partition coefficient (Wildman–Crippen LogP) is 0.928. The molecule has 0 unspecified atom stereocenters. The largest absolute Gasteiger partial charge is 0.328 e. The van der Waals surface area contributed by atoms with Gasteiger partial charge in [-0.3, -0.25) is 19.7 Å². The molecule has 1 aliphatic heterocycles. The first-order valence-corrected chi connectivity index (χ1v) is 6.21. The molecule has 0 spiro atoms. The molecule has 3 amide bonds. The number of nitrogens with zero attached hydrogens (tertiary/aromatic N) is 4. The second-order valence-corrected chi connectivity index (χ2v) is 4.58. The Morgan fingerprint density at radius 3 is 2.55 bits per heavy atom. The zero-order valence-corrected chi connectivity index (χ0v) is 10.9. The monoisotopic (exact) mass is 271 g/mol. The summed E-state index contributed by atoms with van der Waals surface area (Å²) in [5.74, 6) is -0.234. The quantitative estimate of drug-likeness (QED) is 0.881. The molecule has 2 heterocycles. The summed E-state index contributed by atoms with van der Waals surface area (Å²) in [7, 11) is 1.81. The summed E-state index contributed by atoms with van der Waals surface area (Å²) in [6.45, 7) is 0.398. The van der Waals surface area contributed by atoms with Crippen LogP contribution in [0.4, 0.5) is 10.5 Å². The number of aryl methyl sites for hydroxylation is 1. The Morgan fingerprint density at radius 1 is 1.20 bits per heavy atom. The number of hydrogen-bond acceptors (Lipinski definition) is 4. The van der Waals surface area contributed by atoms with Crippen molar-refractivity contribution in [2.24, 2.45) is 7.05 Å². The molecule has 1 saturated heterocycles. The van der Waals surface area contributed by atoms with Gasteiger partial charge >= 0.3 is 6.03 Å². The number of anilines is 1. The van der Waals surface area contributed by atoms with Crippen LogP contribution in [0.2, 0.25) is 0 Å². The van der Waals surface area contributed by atoms with Gasteiger partial charge in [-0.2, -0.15) is 0 Å². The van der Waals surface area contributed by atoms with Gasteiger partial charge in [0, 0.05) is 31.3 Å². The van der Waals surface area contributed by atoms with Crippen LogP contribution in [0.1, 0.15) is 6.42 Å². The van der Waals surface area contributed by atoms with E-state index in [-0.39, 0.29) is 11.9 Å². The zero-order valence-electron chi connectivity index (χ0n) is 10.9. The zero-order chi connectivity index (χ0) is 14.1. The molecular formula is C13H13N5O2. The lowest BCUT2D eigenvalue weighted by Gasteiger charge is -2.26. The van der Waals surface area contributed by atoms with E-state index in [1.807, 2.05) is 30.5 Å². The first kappa shape index (κ1) is 12.3. The van der Waals surface area contributed by atoms with Crippen LogP contribution < -0.4 is 10.2 Å². The van der Waals surface area contributed by atoms with Crippen LogP contribution in [-0.4, -0.2) is 33.5 Å². The third-order valence-corrected chi connectivity index (χ3v) is 3.13. The molecule has 102 valence electrons. The number of carbonyl (C=O) groups excluding carboxylic acids is 2. The number of urea groups is 1. The molecule has 1 aromatic carbocycles. The van der Waals surface area contributed by atoms with Crippen molar-refractivity contribution in [3.8, 4) is 11.3 Å². The fraction of sp³-hybridized carbons (Fsp3) is 0.231. The number of aromatic nitrogens is 3. The van der Waals surface area contributed by atoms with Crippen molar-refractivity contribution >= 4 is 17.6 Å². The van der Waals surface area contributed by atoms with Gasteiger partial charge in [0.05, 0.1) is 6.20 Å². The maximum atomic E-state index is 11.7. The van der Waals surface area contributed by atoms with E-state index in [9.17, 15) is 9.59 Å². The number of amides is 3. The Labute approximate surface area is 115 Å².